The summed E-state index contributed by atoms with van der Waals surface area (Å²) in [7, 11) is 0. The Kier molecular flexibility index (Phi) is 5.44. The number of nitrogens with zero attached hydrogens (tertiary/aromatic N) is 3. The summed E-state index contributed by atoms with van der Waals surface area (Å²) in [4.78, 5) is 21.8. The van der Waals surface area contributed by atoms with Crippen molar-refractivity contribution in [1.82, 2.24) is 15.4 Å². The van der Waals surface area contributed by atoms with E-state index in [9.17, 15) is 4.79 Å². The van der Waals surface area contributed by atoms with E-state index < -0.39 is 0 Å². The quantitative estimate of drug-likeness (QED) is 0.346. The molecule has 0 bridgehead atoms. The van der Waals surface area contributed by atoms with Gasteiger partial charge in [-0.1, -0.05) is 46.3 Å². The summed E-state index contributed by atoms with van der Waals surface area (Å²) >= 11 is 3.45. The maximum absolute atomic E-state index is 13.0. The predicted octanol–water partition coefficient (Wildman–Crippen LogP) is 5.21. The van der Waals surface area contributed by atoms with Crippen LogP contribution in [0.15, 0.2) is 88.7 Å². The van der Waals surface area contributed by atoms with Crippen LogP contribution in [0, 0.1) is 0 Å². The highest BCUT2D eigenvalue weighted by atomic mass is 79.9. The van der Waals surface area contributed by atoms with Gasteiger partial charge in [0.25, 0.3) is 5.91 Å². The van der Waals surface area contributed by atoms with Crippen LogP contribution in [0.4, 0.5) is 0 Å². The van der Waals surface area contributed by atoms with Crippen LogP contribution in [0.2, 0.25) is 0 Å². The molecule has 2 aromatic heterocycles. The molecule has 0 fully saturated rings. The molecule has 2 aromatic carbocycles. The number of amides is 1. The Labute approximate surface area is 176 Å². The molecule has 6 heteroatoms. The normalized spacial score (nSPS) is 11.4. The SMILES string of the molecule is CC(=NNC(=O)c1cc(-c2cccnc2)nc2ccccc12)c1cccc(Br)c1. The molecule has 0 spiro atoms. The van der Waals surface area contributed by atoms with Crippen LogP contribution in [0.5, 0.6) is 0 Å². The van der Waals surface area contributed by atoms with Crippen LogP contribution in [0.1, 0.15) is 22.8 Å². The second-order valence-electron chi connectivity index (χ2n) is 6.46. The maximum atomic E-state index is 13.0. The van der Waals surface area contributed by atoms with E-state index in [4.69, 9.17) is 0 Å². The van der Waals surface area contributed by atoms with E-state index in [0.29, 0.717) is 17.0 Å². The van der Waals surface area contributed by atoms with Gasteiger partial charge in [0.2, 0.25) is 0 Å². The average molecular weight is 445 g/mol. The third kappa shape index (κ3) is 4.22. The zero-order valence-electron chi connectivity index (χ0n) is 15.6. The van der Waals surface area contributed by atoms with Gasteiger partial charge in [0.15, 0.2) is 0 Å². The van der Waals surface area contributed by atoms with Gasteiger partial charge in [-0.3, -0.25) is 9.78 Å². The third-order valence-electron chi connectivity index (χ3n) is 4.49. The van der Waals surface area contributed by atoms with E-state index >= 15 is 0 Å². The third-order valence-corrected chi connectivity index (χ3v) is 4.98. The van der Waals surface area contributed by atoms with Gasteiger partial charge in [-0.2, -0.15) is 5.10 Å². The molecule has 5 nitrogen and oxygen atoms in total. The molecule has 0 saturated heterocycles. The lowest BCUT2D eigenvalue weighted by Gasteiger charge is -2.09. The van der Waals surface area contributed by atoms with Crippen molar-refractivity contribution in [2.24, 2.45) is 5.10 Å². The number of benzene rings is 2. The Morgan fingerprint density at radius 2 is 1.90 bits per heavy atom. The highest BCUT2D eigenvalue weighted by molar-refractivity contribution is 9.10. The van der Waals surface area contributed by atoms with Gasteiger partial charge in [-0.15, -0.1) is 0 Å². The lowest BCUT2D eigenvalue weighted by Crippen LogP contribution is -2.20. The van der Waals surface area contributed by atoms with E-state index in [-0.39, 0.29) is 5.91 Å². The first-order valence-corrected chi connectivity index (χ1v) is 9.82. The molecule has 1 amide bonds. The molecule has 0 radical (unpaired) electrons. The molecule has 29 heavy (non-hydrogen) atoms. The van der Waals surface area contributed by atoms with Gasteiger partial charge in [-0.05, 0) is 48.9 Å². The van der Waals surface area contributed by atoms with E-state index in [0.717, 1.165) is 26.5 Å². The summed E-state index contributed by atoms with van der Waals surface area (Å²) < 4.78 is 0.956. The molecule has 0 aliphatic heterocycles. The number of nitrogens with one attached hydrogen (secondary N) is 1. The molecule has 0 aliphatic carbocycles. The number of hydrogen-bond acceptors (Lipinski definition) is 4. The fourth-order valence-corrected chi connectivity index (χ4v) is 3.40. The largest absolute Gasteiger partial charge is 0.272 e. The number of pyridine rings is 2. The second-order valence-corrected chi connectivity index (χ2v) is 7.38. The monoisotopic (exact) mass is 444 g/mol. The highest BCUT2D eigenvalue weighted by Gasteiger charge is 2.14. The Bertz CT molecular complexity index is 1220. The van der Waals surface area contributed by atoms with Crippen LogP contribution < -0.4 is 5.43 Å². The van der Waals surface area contributed by atoms with Crippen molar-refractivity contribution >= 4 is 38.5 Å². The second kappa shape index (κ2) is 8.32. The number of para-hydroxylation sites is 1. The average Bonchev–Trinajstić information content (AvgIpc) is 2.77. The highest BCUT2D eigenvalue weighted by Crippen LogP contribution is 2.24. The number of fused-ring (bicyclic) bond motifs is 1. The van der Waals surface area contributed by atoms with Gasteiger partial charge < -0.3 is 0 Å². The standard InChI is InChI=1S/C23H17BrN4O/c1-15(16-6-4-8-18(24)12-16)27-28-23(29)20-13-22(17-7-5-11-25-14-17)26-21-10-3-2-9-19(20)21/h2-14H,1H3,(H,28,29). The van der Waals surface area contributed by atoms with Crippen LogP contribution >= 0.6 is 15.9 Å². The Balaban J connectivity index is 1.71. The summed E-state index contributed by atoms with van der Waals surface area (Å²) in [6, 6.07) is 20.9. The zero-order chi connectivity index (χ0) is 20.2. The first kappa shape index (κ1) is 19.0. The molecule has 0 atom stereocenters. The summed E-state index contributed by atoms with van der Waals surface area (Å²) in [6.45, 7) is 1.85. The minimum Gasteiger partial charge on any atom is -0.267 e. The number of hydrogen-bond donors (Lipinski definition) is 1. The van der Waals surface area contributed by atoms with Gasteiger partial charge in [-0.25, -0.2) is 10.4 Å². The smallest absolute Gasteiger partial charge is 0.267 e. The number of rotatable bonds is 4. The van der Waals surface area contributed by atoms with Gasteiger partial charge in [0.1, 0.15) is 0 Å². The fraction of sp³-hybridized carbons (Fsp3) is 0.0435. The number of carbonyl (C=O) groups is 1. The number of carbonyl (C=O) groups excluding carboxylic acids is 1. The van der Waals surface area contributed by atoms with Crippen molar-refractivity contribution < 1.29 is 4.79 Å². The molecule has 1 N–H and O–H groups in total. The molecule has 0 unspecified atom stereocenters. The number of aromatic nitrogens is 2. The van der Waals surface area contributed by atoms with Crippen molar-refractivity contribution in [3.05, 3.63) is 94.7 Å². The lowest BCUT2D eigenvalue weighted by molar-refractivity contribution is 0.0956. The number of halogens is 1. The Morgan fingerprint density at radius 1 is 1.03 bits per heavy atom. The topological polar surface area (TPSA) is 67.2 Å². The summed E-state index contributed by atoms with van der Waals surface area (Å²) in [5.41, 5.74) is 7.11. The van der Waals surface area contributed by atoms with Crippen molar-refractivity contribution in [2.75, 3.05) is 0 Å². The Morgan fingerprint density at radius 3 is 2.69 bits per heavy atom. The minimum absolute atomic E-state index is 0.289. The summed E-state index contributed by atoms with van der Waals surface area (Å²) in [5, 5.41) is 5.06. The van der Waals surface area contributed by atoms with Crippen molar-refractivity contribution in [2.45, 2.75) is 6.92 Å². The van der Waals surface area contributed by atoms with Crippen LogP contribution in [-0.4, -0.2) is 21.6 Å². The molecule has 2 heterocycles. The zero-order valence-corrected chi connectivity index (χ0v) is 17.2. The molecule has 4 rings (SSSR count). The van der Waals surface area contributed by atoms with Crippen molar-refractivity contribution in [1.29, 1.82) is 0 Å². The summed E-state index contributed by atoms with van der Waals surface area (Å²) in [5.74, 6) is -0.289. The van der Waals surface area contributed by atoms with Crippen LogP contribution in [0.3, 0.4) is 0 Å². The van der Waals surface area contributed by atoms with E-state index in [1.807, 2.05) is 67.6 Å². The predicted molar refractivity (Wildman–Crippen MR) is 119 cm³/mol. The van der Waals surface area contributed by atoms with Gasteiger partial charge >= 0.3 is 0 Å². The van der Waals surface area contributed by atoms with Gasteiger partial charge in [0, 0.05) is 27.8 Å². The lowest BCUT2D eigenvalue weighted by atomic mass is 10.0. The molecular weight excluding hydrogens is 428 g/mol. The molecular formula is C23H17BrN4O. The summed E-state index contributed by atoms with van der Waals surface area (Å²) in [6.07, 6.45) is 3.44. The van der Waals surface area contributed by atoms with E-state index in [1.54, 1.807) is 18.5 Å². The maximum Gasteiger partial charge on any atom is 0.272 e. The van der Waals surface area contributed by atoms with E-state index in [2.05, 4.69) is 36.4 Å². The van der Waals surface area contributed by atoms with Crippen LogP contribution in [0.25, 0.3) is 22.2 Å². The first-order chi connectivity index (χ1) is 14.1. The van der Waals surface area contributed by atoms with Crippen LogP contribution in [-0.2, 0) is 0 Å². The van der Waals surface area contributed by atoms with Crippen molar-refractivity contribution in [3.8, 4) is 11.3 Å². The number of hydrazone groups is 1. The fourth-order valence-electron chi connectivity index (χ4n) is 3.00. The first-order valence-electron chi connectivity index (χ1n) is 9.02. The minimum atomic E-state index is -0.289. The molecule has 4 aromatic rings. The Hall–Kier alpha value is -3.38. The molecule has 0 aliphatic rings. The molecule has 0 saturated carbocycles. The molecule has 142 valence electrons. The van der Waals surface area contributed by atoms with E-state index in [1.165, 1.54) is 0 Å². The van der Waals surface area contributed by atoms with Gasteiger partial charge in [0.05, 0.1) is 22.5 Å². The van der Waals surface area contributed by atoms with Crippen molar-refractivity contribution in [3.63, 3.8) is 0 Å².